The van der Waals surface area contributed by atoms with Crippen LogP contribution in [0.3, 0.4) is 0 Å². The smallest absolute Gasteiger partial charge is 0.328 e. The van der Waals surface area contributed by atoms with Crippen LogP contribution < -0.4 is 26.2 Å². The fraction of sp³-hybridized carbons (Fsp3) is 0.389. The number of ether oxygens (including phenoxy) is 1. The van der Waals surface area contributed by atoms with Crippen molar-refractivity contribution in [2.75, 3.05) is 25.1 Å². The lowest BCUT2D eigenvalue weighted by atomic mass is 10.0. The summed E-state index contributed by atoms with van der Waals surface area (Å²) in [5, 5.41) is 2.96. The van der Waals surface area contributed by atoms with Gasteiger partial charge < -0.3 is 15.0 Å². The lowest BCUT2D eigenvalue weighted by molar-refractivity contribution is -0.122. The molecule has 0 atom stereocenters. The van der Waals surface area contributed by atoms with Crippen LogP contribution in [0.4, 0.5) is 5.69 Å². The van der Waals surface area contributed by atoms with Crippen molar-refractivity contribution in [2.45, 2.75) is 25.4 Å². The van der Waals surface area contributed by atoms with Gasteiger partial charge in [0.2, 0.25) is 5.91 Å². The van der Waals surface area contributed by atoms with E-state index in [0.717, 1.165) is 37.4 Å². The van der Waals surface area contributed by atoms with Gasteiger partial charge in [-0.15, -0.1) is 0 Å². The minimum absolute atomic E-state index is 0.0620. The summed E-state index contributed by atoms with van der Waals surface area (Å²) in [6, 6.07) is 9.17. The van der Waals surface area contributed by atoms with Crippen LogP contribution in [-0.2, 0) is 11.3 Å². The summed E-state index contributed by atoms with van der Waals surface area (Å²) in [7, 11) is 1.66. The maximum Gasteiger partial charge on any atom is 0.328 e. The van der Waals surface area contributed by atoms with Crippen molar-refractivity contribution in [3.63, 3.8) is 0 Å². The third-order valence-corrected chi connectivity index (χ3v) is 4.50. The lowest BCUT2D eigenvalue weighted by Crippen LogP contribution is -2.46. The molecule has 1 aromatic heterocycles. The molecule has 2 heterocycles. The number of para-hydroxylation sites is 2. The number of benzene rings is 1. The highest BCUT2D eigenvalue weighted by atomic mass is 16.5. The highest BCUT2D eigenvalue weighted by molar-refractivity contribution is 5.76. The van der Waals surface area contributed by atoms with E-state index >= 15 is 0 Å². The lowest BCUT2D eigenvalue weighted by Gasteiger charge is -2.34. The average molecular weight is 358 g/mol. The molecule has 8 nitrogen and oxygen atoms in total. The van der Waals surface area contributed by atoms with Crippen molar-refractivity contribution >= 4 is 11.6 Å². The number of amides is 1. The molecule has 26 heavy (non-hydrogen) atoms. The van der Waals surface area contributed by atoms with Crippen LogP contribution in [-0.4, -0.2) is 41.7 Å². The second-order valence-corrected chi connectivity index (χ2v) is 6.24. The third-order valence-electron chi connectivity index (χ3n) is 4.50. The SMILES string of the molecule is COc1ccccc1N1CCC(NC(=O)Cn2ccc(=O)[nH]c2=O)CC1. The Morgan fingerprint density at radius 1 is 1.23 bits per heavy atom. The van der Waals surface area contributed by atoms with Gasteiger partial charge in [0.15, 0.2) is 0 Å². The van der Waals surface area contributed by atoms with Crippen molar-refractivity contribution in [2.24, 2.45) is 0 Å². The summed E-state index contributed by atoms with van der Waals surface area (Å²) in [5.41, 5.74) is -0.00594. The molecule has 1 aromatic carbocycles. The van der Waals surface area contributed by atoms with Crippen LogP contribution in [0.1, 0.15) is 12.8 Å². The van der Waals surface area contributed by atoms with E-state index in [1.807, 2.05) is 24.3 Å². The molecule has 0 aliphatic carbocycles. The fourth-order valence-electron chi connectivity index (χ4n) is 3.15. The molecule has 8 heteroatoms. The molecule has 1 amide bonds. The monoisotopic (exact) mass is 358 g/mol. The van der Waals surface area contributed by atoms with Crippen LogP contribution in [0.2, 0.25) is 0 Å². The zero-order valence-electron chi connectivity index (χ0n) is 14.6. The van der Waals surface area contributed by atoms with Crippen molar-refractivity contribution in [1.82, 2.24) is 14.9 Å². The van der Waals surface area contributed by atoms with Gasteiger partial charge in [-0.25, -0.2) is 4.79 Å². The number of hydrogen-bond donors (Lipinski definition) is 2. The number of carbonyl (C=O) groups excluding carboxylic acids is 1. The molecule has 138 valence electrons. The molecule has 0 unspecified atom stereocenters. The largest absolute Gasteiger partial charge is 0.495 e. The van der Waals surface area contributed by atoms with Gasteiger partial charge in [0, 0.05) is 31.4 Å². The van der Waals surface area contributed by atoms with Crippen LogP contribution in [0, 0.1) is 0 Å². The van der Waals surface area contributed by atoms with Gasteiger partial charge in [-0.1, -0.05) is 12.1 Å². The second-order valence-electron chi connectivity index (χ2n) is 6.24. The van der Waals surface area contributed by atoms with Crippen molar-refractivity contribution in [1.29, 1.82) is 0 Å². The van der Waals surface area contributed by atoms with Gasteiger partial charge in [-0.05, 0) is 25.0 Å². The molecule has 3 rings (SSSR count). The summed E-state index contributed by atoms with van der Waals surface area (Å²) in [6.07, 6.45) is 2.94. The highest BCUT2D eigenvalue weighted by Gasteiger charge is 2.22. The number of anilines is 1. The van der Waals surface area contributed by atoms with Gasteiger partial charge in [-0.3, -0.25) is 19.1 Å². The normalized spacial score (nSPS) is 14.9. The second kappa shape index (κ2) is 7.90. The molecule has 0 spiro atoms. The zero-order valence-corrected chi connectivity index (χ0v) is 14.6. The average Bonchev–Trinajstić information content (AvgIpc) is 2.64. The Bertz CT molecular complexity index is 881. The Balaban J connectivity index is 1.54. The van der Waals surface area contributed by atoms with E-state index in [0.29, 0.717) is 0 Å². The summed E-state index contributed by atoms with van der Waals surface area (Å²) in [6.45, 7) is 1.51. The van der Waals surface area contributed by atoms with E-state index in [1.165, 1.54) is 16.8 Å². The molecule has 0 saturated carbocycles. The minimum atomic E-state index is -0.585. The first-order valence-electron chi connectivity index (χ1n) is 8.54. The standard InChI is InChI=1S/C18H22N4O4/c1-26-15-5-3-2-4-14(15)21-9-6-13(7-10-21)19-17(24)12-22-11-8-16(23)20-18(22)25/h2-5,8,11,13H,6-7,9-10,12H2,1H3,(H,19,24)(H,20,23,25). The first kappa shape index (κ1) is 17.8. The van der Waals surface area contributed by atoms with E-state index < -0.39 is 11.2 Å². The number of piperidine rings is 1. The van der Waals surface area contributed by atoms with E-state index in [4.69, 9.17) is 4.74 Å². The number of nitrogens with zero attached hydrogens (tertiary/aromatic N) is 2. The zero-order chi connectivity index (χ0) is 18.5. The van der Waals surface area contributed by atoms with Crippen molar-refractivity contribution < 1.29 is 9.53 Å². The predicted molar refractivity (Wildman–Crippen MR) is 97.7 cm³/mol. The molecule has 1 aliphatic heterocycles. The number of methoxy groups -OCH3 is 1. The number of rotatable bonds is 5. The Morgan fingerprint density at radius 3 is 2.65 bits per heavy atom. The molecule has 2 aromatic rings. The third kappa shape index (κ3) is 4.14. The molecule has 0 radical (unpaired) electrons. The molecule has 1 fully saturated rings. The summed E-state index contributed by atoms with van der Waals surface area (Å²) in [5.74, 6) is 0.599. The fourth-order valence-corrected chi connectivity index (χ4v) is 3.15. The predicted octanol–water partition coefficient (Wildman–Crippen LogP) is 0.330. The Morgan fingerprint density at radius 2 is 1.96 bits per heavy atom. The number of nitrogens with one attached hydrogen (secondary N) is 2. The van der Waals surface area contributed by atoms with Gasteiger partial charge >= 0.3 is 5.69 Å². The van der Waals surface area contributed by atoms with Crippen LogP contribution in [0.25, 0.3) is 0 Å². The summed E-state index contributed by atoms with van der Waals surface area (Å²) >= 11 is 0. The number of hydrogen-bond acceptors (Lipinski definition) is 5. The van der Waals surface area contributed by atoms with E-state index in [9.17, 15) is 14.4 Å². The van der Waals surface area contributed by atoms with Gasteiger partial charge in [0.1, 0.15) is 12.3 Å². The van der Waals surface area contributed by atoms with Crippen molar-refractivity contribution in [3.8, 4) is 5.75 Å². The highest BCUT2D eigenvalue weighted by Crippen LogP contribution is 2.29. The number of carbonyl (C=O) groups is 1. The number of H-pyrrole nitrogens is 1. The minimum Gasteiger partial charge on any atom is -0.495 e. The quantitative estimate of drug-likeness (QED) is 0.803. The van der Waals surface area contributed by atoms with E-state index in [-0.39, 0.29) is 18.5 Å². The van der Waals surface area contributed by atoms with Gasteiger partial charge in [0.05, 0.1) is 12.8 Å². The summed E-state index contributed by atoms with van der Waals surface area (Å²) < 4.78 is 6.59. The molecule has 1 aliphatic rings. The van der Waals surface area contributed by atoms with Gasteiger partial charge in [0.25, 0.3) is 5.56 Å². The Labute approximate surface area is 150 Å². The molecule has 1 saturated heterocycles. The topological polar surface area (TPSA) is 96.4 Å². The van der Waals surface area contributed by atoms with Crippen LogP contribution in [0.15, 0.2) is 46.1 Å². The Kier molecular flexibility index (Phi) is 5.40. The van der Waals surface area contributed by atoms with Crippen LogP contribution in [0.5, 0.6) is 5.75 Å². The molecule has 2 N–H and O–H groups in total. The Hall–Kier alpha value is -3.03. The number of aromatic amines is 1. The molecule has 0 bridgehead atoms. The number of aromatic nitrogens is 2. The van der Waals surface area contributed by atoms with Crippen molar-refractivity contribution in [3.05, 3.63) is 57.4 Å². The van der Waals surface area contributed by atoms with Crippen LogP contribution >= 0.6 is 0 Å². The maximum atomic E-state index is 12.2. The first-order valence-corrected chi connectivity index (χ1v) is 8.54. The first-order chi connectivity index (χ1) is 12.6. The summed E-state index contributed by atoms with van der Waals surface area (Å²) in [4.78, 5) is 39.2. The maximum absolute atomic E-state index is 12.2. The van der Waals surface area contributed by atoms with E-state index in [2.05, 4.69) is 15.2 Å². The molecular weight excluding hydrogens is 336 g/mol. The molecular formula is C18H22N4O4. The van der Waals surface area contributed by atoms with E-state index in [1.54, 1.807) is 7.11 Å². The van der Waals surface area contributed by atoms with Gasteiger partial charge in [-0.2, -0.15) is 0 Å².